The van der Waals surface area contributed by atoms with E-state index in [0.717, 1.165) is 50.5 Å². The second kappa shape index (κ2) is 12.6. The fourth-order valence-electron chi connectivity index (χ4n) is 13.9. The van der Waals surface area contributed by atoms with E-state index in [4.69, 9.17) is 23.7 Å². The monoisotopic (exact) mass is 778 g/mol. The Labute approximate surface area is 322 Å². The van der Waals surface area contributed by atoms with Crippen LogP contribution in [0.4, 0.5) is 0 Å². The van der Waals surface area contributed by atoms with Crippen molar-refractivity contribution in [3.8, 4) is 0 Å². The van der Waals surface area contributed by atoms with Gasteiger partial charge in [0.05, 0.1) is 24.2 Å². The number of esters is 1. The molecule has 14 nitrogen and oxygen atoms in total. The second-order valence-electron chi connectivity index (χ2n) is 20.5. The van der Waals surface area contributed by atoms with Crippen molar-refractivity contribution in [2.45, 2.75) is 179 Å². The van der Waals surface area contributed by atoms with Crippen LogP contribution < -0.4 is 0 Å². The average Bonchev–Trinajstić information content (AvgIpc) is 3.29. The topological polar surface area (TPSA) is 222 Å². The summed E-state index contributed by atoms with van der Waals surface area (Å²) >= 11 is 0. The molecule has 4 saturated carbocycles. The van der Waals surface area contributed by atoms with Gasteiger partial charge in [0.2, 0.25) is 0 Å². The summed E-state index contributed by atoms with van der Waals surface area (Å²) < 4.78 is 30.0. The first-order valence-corrected chi connectivity index (χ1v) is 20.4. The minimum absolute atomic E-state index is 0.0882. The van der Waals surface area contributed by atoms with E-state index in [1.165, 1.54) is 0 Å². The Morgan fingerprint density at radius 2 is 1.47 bits per heavy atom. The van der Waals surface area contributed by atoms with Gasteiger partial charge < -0.3 is 59.4 Å². The number of fused-ring (bicyclic) bond motifs is 4. The van der Waals surface area contributed by atoms with Crippen molar-refractivity contribution in [2.24, 2.45) is 44.3 Å². The van der Waals surface area contributed by atoms with Crippen LogP contribution in [0.15, 0.2) is 11.6 Å². The molecule has 1 spiro atoms. The lowest BCUT2D eigenvalue weighted by Crippen LogP contribution is -2.74. The summed E-state index contributed by atoms with van der Waals surface area (Å²) in [4.78, 5) is 26.2. The van der Waals surface area contributed by atoms with E-state index in [2.05, 4.69) is 54.5 Å². The molecule has 0 aromatic heterocycles. The van der Waals surface area contributed by atoms with Gasteiger partial charge in [-0.3, -0.25) is 4.79 Å². The largest absolute Gasteiger partial charge is 0.479 e. The quantitative estimate of drug-likeness (QED) is 0.121. The molecule has 310 valence electrons. The normalized spacial score (nSPS) is 55.2. The molecule has 0 radical (unpaired) electrons. The minimum Gasteiger partial charge on any atom is -0.479 e. The average molecular weight is 779 g/mol. The van der Waals surface area contributed by atoms with Crippen LogP contribution in [0.5, 0.6) is 0 Å². The van der Waals surface area contributed by atoms with Crippen LogP contribution in [0.1, 0.15) is 106 Å². The van der Waals surface area contributed by atoms with E-state index in [0.29, 0.717) is 12.8 Å². The summed E-state index contributed by atoms with van der Waals surface area (Å²) in [6, 6.07) is 0. The van der Waals surface area contributed by atoms with Crippen molar-refractivity contribution in [1.29, 1.82) is 0 Å². The van der Waals surface area contributed by atoms with Crippen molar-refractivity contribution < 1.29 is 69.0 Å². The molecule has 55 heavy (non-hydrogen) atoms. The maximum absolute atomic E-state index is 14.0. The number of carbonyl (C=O) groups excluding carboxylic acids is 1. The number of allylic oxidation sites excluding steroid dienone is 1. The smallest absolute Gasteiger partial charge is 0.335 e. The molecule has 0 aromatic carbocycles. The lowest BCUT2D eigenvalue weighted by Gasteiger charge is -2.73. The van der Waals surface area contributed by atoms with Gasteiger partial charge in [-0.05, 0) is 96.9 Å². The van der Waals surface area contributed by atoms with Gasteiger partial charge in [0.1, 0.15) is 36.6 Å². The maximum atomic E-state index is 14.0. The number of hydrogen-bond donors (Lipinski definition) is 7. The van der Waals surface area contributed by atoms with Gasteiger partial charge in [0, 0.05) is 5.41 Å². The first kappa shape index (κ1) is 40.1. The molecule has 14 heteroatoms. The van der Waals surface area contributed by atoms with E-state index in [1.54, 1.807) is 0 Å². The number of hydrogen-bond acceptors (Lipinski definition) is 13. The molecule has 3 heterocycles. The molecule has 3 saturated heterocycles. The predicted molar refractivity (Wildman–Crippen MR) is 192 cm³/mol. The molecule has 3 aliphatic heterocycles. The highest BCUT2D eigenvalue weighted by Gasteiger charge is 2.81. The molecular formula is C41H62O14. The van der Waals surface area contributed by atoms with Crippen molar-refractivity contribution in [3.63, 3.8) is 0 Å². The summed E-state index contributed by atoms with van der Waals surface area (Å²) in [6.07, 6.45) is -7.47. The summed E-state index contributed by atoms with van der Waals surface area (Å²) in [5.41, 5.74) is -2.37. The van der Waals surface area contributed by atoms with Crippen LogP contribution in [0, 0.1) is 44.3 Å². The molecule has 2 bridgehead atoms. The van der Waals surface area contributed by atoms with Gasteiger partial charge >= 0.3 is 11.9 Å². The number of rotatable bonds is 5. The molecule has 7 N–H and O–H groups in total. The first-order chi connectivity index (χ1) is 25.5. The fraction of sp³-hybridized carbons (Fsp3) is 0.902. The van der Waals surface area contributed by atoms with E-state index in [1.807, 2.05) is 0 Å². The van der Waals surface area contributed by atoms with E-state index in [9.17, 15) is 45.3 Å². The molecular weight excluding hydrogens is 716 g/mol. The third-order valence-electron chi connectivity index (χ3n) is 17.2. The van der Waals surface area contributed by atoms with Gasteiger partial charge in [0.15, 0.2) is 24.3 Å². The number of aliphatic carboxylic acids is 1. The number of ether oxygens (including phenoxy) is 5. The zero-order valence-corrected chi connectivity index (χ0v) is 33.1. The highest BCUT2D eigenvalue weighted by molar-refractivity contribution is 5.87. The van der Waals surface area contributed by atoms with Crippen LogP contribution in [0.2, 0.25) is 0 Å². The molecule has 5 aliphatic carbocycles. The van der Waals surface area contributed by atoms with E-state index >= 15 is 0 Å². The Morgan fingerprint density at radius 1 is 0.782 bits per heavy atom. The molecule has 0 amide bonds. The summed E-state index contributed by atoms with van der Waals surface area (Å²) in [5, 5.41) is 75.5. The third-order valence-corrected chi connectivity index (χ3v) is 17.2. The summed E-state index contributed by atoms with van der Waals surface area (Å²) in [7, 11) is 0. The lowest BCUT2D eigenvalue weighted by atomic mass is 9.31. The molecule has 0 aromatic rings. The molecule has 0 unspecified atom stereocenters. The van der Waals surface area contributed by atoms with E-state index in [-0.39, 0.29) is 34.1 Å². The van der Waals surface area contributed by atoms with Crippen molar-refractivity contribution >= 4 is 11.9 Å². The predicted octanol–water partition coefficient (Wildman–Crippen LogP) is 2.18. The molecule has 8 aliphatic rings. The Kier molecular flexibility index (Phi) is 9.21. The van der Waals surface area contributed by atoms with Gasteiger partial charge in [-0.15, -0.1) is 0 Å². The van der Waals surface area contributed by atoms with Crippen LogP contribution in [-0.4, -0.2) is 127 Å². The first-order valence-electron chi connectivity index (χ1n) is 20.4. The van der Waals surface area contributed by atoms with Crippen LogP contribution in [0.25, 0.3) is 0 Å². The number of carbonyl (C=O) groups is 2. The number of carboxylic acids is 1. The zero-order valence-electron chi connectivity index (χ0n) is 33.1. The van der Waals surface area contributed by atoms with Gasteiger partial charge in [0.25, 0.3) is 0 Å². The van der Waals surface area contributed by atoms with Crippen molar-refractivity contribution in [2.75, 3.05) is 6.61 Å². The Morgan fingerprint density at radius 3 is 2.16 bits per heavy atom. The number of carboxylic acid groups (broad SMARTS) is 1. The highest BCUT2D eigenvalue weighted by Crippen LogP contribution is 2.80. The van der Waals surface area contributed by atoms with Crippen LogP contribution >= 0.6 is 0 Å². The lowest BCUT2D eigenvalue weighted by molar-refractivity contribution is -0.358. The van der Waals surface area contributed by atoms with Crippen LogP contribution in [0.3, 0.4) is 0 Å². The Hall–Kier alpha value is -1.72. The zero-order chi connectivity index (χ0) is 40.1. The standard InChI is InChI=1S/C41H62O14/c1-35(2)12-14-40-15-13-39(7)38(6)11-8-20-36(3,4)24(9-10-37(20,5)21(38)16-23(43)41(39,22(40)17-35)55-34(40)50)52-33-28(47)29(27(46)30(54-33)31(48)49)53-32-26(45)25(44)19(42)18-51-32/h17,19-21,23-30,32-33,42-47H,8-16,18H2,1-7H3,(H,48,49)/t19-,20+,21-,23+,24+,25+,26-,27+,28-,29+,30+,32+,33-,37+,38-,39+,40+,41-/m1/s1. The summed E-state index contributed by atoms with van der Waals surface area (Å²) in [5.74, 6) is -1.50. The van der Waals surface area contributed by atoms with Crippen molar-refractivity contribution in [1.82, 2.24) is 0 Å². The number of aliphatic hydroxyl groups is 6. The highest BCUT2D eigenvalue weighted by atomic mass is 16.7. The van der Waals surface area contributed by atoms with Gasteiger partial charge in [-0.1, -0.05) is 54.5 Å². The molecule has 18 atom stereocenters. The fourth-order valence-corrected chi connectivity index (χ4v) is 13.9. The minimum atomic E-state index is -1.88. The Bertz CT molecular complexity index is 1610. The summed E-state index contributed by atoms with van der Waals surface area (Å²) in [6.45, 7) is 15.2. The van der Waals surface area contributed by atoms with Crippen LogP contribution in [-0.2, 0) is 33.3 Å². The number of aliphatic hydroxyl groups excluding tert-OH is 6. The second-order valence-corrected chi connectivity index (χ2v) is 20.5. The SMILES string of the molecule is CC1(C)C=C2[C@]3(CC1)CC[C@]1(C)[C@]2(OC3=O)[C@@H](O)C[C@@H]2[C@@]3(C)CC[C@H](O[C@@H]4O[C@H](C(=O)O)[C@@H](O)[C@H](O[C@@H]5OC[C@@H](O)[C@H](O)[C@H]5O)[C@H]4O)C(C)(C)[C@@H]3CC[C@]21C. The Balaban J connectivity index is 1.06. The van der Waals surface area contributed by atoms with Gasteiger partial charge in [-0.2, -0.15) is 0 Å². The maximum Gasteiger partial charge on any atom is 0.335 e. The van der Waals surface area contributed by atoms with Crippen molar-refractivity contribution in [3.05, 3.63) is 11.6 Å². The third kappa shape index (κ3) is 5.21. The van der Waals surface area contributed by atoms with E-state index < -0.39 is 102 Å². The molecule has 7 fully saturated rings. The van der Waals surface area contributed by atoms with Gasteiger partial charge in [-0.25, -0.2) is 4.79 Å². The molecule has 8 rings (SSSR count).